The van der Waals surface area contributed by atoms with Crippen LogP contribution in [0.25, 0.3) is 0 Å². The van der Waals surface area contributed by atoms with Gasteiger partial charge in [0, 0.05) is 25.7 Å². The van der Waals surface area contributed by atoms with Crippen molar-refractivity contribution >= 4 is 35.2 Å². The van der Waals surface area contributed by atoms with Crippen molar-refractivity contribution in [2.75, 3.05) is 23.8 Å². The molecule has 1 heterocycles. The van der Waals surface area contributed by atoms with Crippen LogP contribution in [0.3, 0.4) is 0 Å². The molecule has 0 aromatic heterocycles. The number of halogens is 3. The molecule has 0 saturated heterocycles. The molecule has 7 heteroatoms. The smallest absolute Gasteiger partial charge is 0.233 e. The number of rotatable bonds is 4. The predicted molar refractivity (Wildman–Crippen MR) is 92.2 cm³/mol. The molecular formula is C18H15ClF2N2O2. The van der Waals surface area contributed by atoms with Gasteiger partial charge in [0.25, 0.3) is 0 Å². The van der Waals surface area contributed by atoms with E-state index in [-0.39, 0.29) is 34.4 Å². The van der Waals surface area contributed by atoms with E-state index < -0.39 is 11.7 Å². The van der Waals surface area contributed by atoms with Crippen molar-refractivity contribution in [3.8, 4) is 0 Å². The molecule has 0 aliphatic carbocycles. The topological polar surface area (TPSA) is 49.4 Å². The second-order valence-electron chi connectivity index (χ2n) is 5.92. The molecule has 25 heavy (non-hydrogen) atoms. The number of nitrogens with zero attached hydrogens (tertiary/aromatic N) is 1. The standard InChI is InChI=1S/C18H15ClF2N2O2/c1-23-9-13(12-3-2-11(20)7-17(12)23)18(25)22-16-8-15(21)10(4-5-24)6-14(16)19/h2-3,5-8,13H,4,9H2,1H3,(H,22,25). The summed E-state index contributed by atoms with van der Waals surface area (Å²) in [6.45, 7) is 0.383. The fourth-order valence-corrected chi connectivity index (χ4v) is 3.22. The summed E-state index contributed by atoms with van der Waals surface area (Å²) in [6, 6.07) is 6.69. The van der Waals surface area contributed by atoms with Crippen LogP contribution in [0.15, 0.2) is 30.3 Å². The molecule has 2 aromatic rings. The molecule has 1 N–H and O–H groups in total. The molecule has 0 radical (unpaired) electrons. The number of carbonyl (C=O) groups is 2. The highest BCUT2D eigenvalue weighted by Gasteiger charge is 2.32. The second kappa shape index (κ2) is 6.80. The Balaban J connectivity index is 1.85. The van der Waals surface area contributed by atoms with Gasteiger partial charge in [0.05, 0.1) is 16.6 Å². The van der Waals surface area contributed by atoms with E-state index in [0.717, 1.165) is 6.07 Å². The van der Waals surface area contributed by atoms with Crippen LogP contribution in [0.1, 0.15) is 17.0 Å². The van der Waals surface area contributed by atoms with E-state index in [1.807, 2.05) is 0 Å². The van der Waals surface area contributed by atoms with E-state index in [1.54, 1.807) is 18.0 Å². The number of hydrogen-bond acceptors (Lipinski definition) is 3. The first-order valence-electron chi connectivity index (χ1n) is 7.63. The minimum Gasteiger partial charge on any atom is -0.373 e. The normalized spacial score (nSPS) is 15.8. The highest BCUT2D eigenvalue weighted by molar-refractivity contribution is 6.33. The third kappa shape index (κ3) is 3.35. The Kier molecular flexibility index (Phi) is 4.72. The number of aldehydes is 1. The van der Waals surface area contributed by atoms with Crippen LogP contribution in [-0.4, -0.2) is 25.8 Å². The summed E-state index contributed by atoms with van der Waals surface area (Å²) < 4.78 is 27.4. The number of nitrogens with one attached hydrogen (secondary N) is 1. The quantitative estimate of drug-likeness (QED) is 0.844. The summed E-state index contributed by atoms with van der Waals surface area (Å²) >= 11 is 6.08. The lowest BCUT2D eigenvalue weighted by Gasteiger charge is -2.14. The molecular weight excluding hydrogens is 350 g/mol. The molecule has 2 aromatic carbocycles. The highest BCUT2D eigenvalue weighted by atomic mass is 35.5. The molecule has 0 bridgehead atoms. The van der Waals surface area contributed by atoms with Gasteiger partial charge in [-0.2, -0.15) is 0 Å². The van der Waals surface area contributed by atoms with Crippen molar-refractivity contribution in [1.82, 2.24) is 0 Å². The lowest BCUT2D eigenvalue weighted by molar-refractivity contribution is -0.117. The Bertz CT molecular complexity index is 857. The van der Waals surface area contributed by atoms with Crippen LogP contribution >= 0.6 is 11.6 Å². The van der Waals surface area contributed by atoms with E-state index in [1.165, 1.54) is 18.2 Å². The molecule has 0 saturated carbocycles. The van der Waals surface area contributed by atoms with E-state index in [4.69, 9.17) is 11.6 Å². The SMILES string of the molecule is CN1CC(C(=O)Nc2cc(F)c(CC=O)cc2Cl)c2ccc(F)cc21. The zero-order chi connectivity index (χ0) is 18.1. The Morgan fingerprint density at radius 2 is 2.12 bits per heavy atom. The Labute approximate surface area is 148 Å². The molecule has 0 spiro atoms. The maximum atomic E-state index is 14.0. The van der Waals surface area contributed by atoms with E-state index in [9.17, 15) is 18.4 Å². The molecule has 1 atom stereocenters. The van der Waals surface area contributed by atoms with Gasteiger partial charge in [0.15, 0.2) is 0 Å². The van der Waals surface area contributed by atoms with Crippen LogP contribution in [0, 0.1) is 11.6 Å². The third-order valence-electron chi connectivity index (χ3n) is 4.25. The van der Waals surface area contributed by atoms with E-state index >= 15 is 0 Å². The van der Waals surface area contributed by atoms with Gasteiger partial charge in [-0.1, -0.05) is 17.7 Å². The van der Waals surface area contributed by atoms with Crippen LogP contribution in [0.4, 0.5) is 20.2 Å². The molecule has 130 valence electrons. The Hall–Kier alpha value is -2.47. The Morgan fingerprint density at radius 1 is 1.36 bits per heavy atom. The average Bonchev–Trinajstić information content (AvgIpc) is 2.89. The largest absolute Gasteiger partial charge is 0.373 e. The van der Waals surface area contributed by atoms with Crippen molar-refractivity contribution in [3.05, 3.63) is 58.1 Å². The molecule has 0 fully saturated rings. The number of benzene rings is 2. The number of carbonyl (C=O) groups excluding carboxylic acids is 2. The second-order valence-corrected chi connectivity index (χ2v) is 6.33. The fraction of sp³-hybridized carbons (Fsp3) is 0.222. The summed E-state index contributed by atoms with van der Waals surface area (Å²) in [6.07, 6.45) is 0.490. The lowest BCUT2D eigenvalue weighted by atomic mass is 10.00. The number of amides is 1. The lowest BCUT2D eigenvalue weighted by Crippen LogP contribution is -2.25. The molecule has 1 aliphatic heterocycles. The summed E-state index contributed by atoms with van der Waals surface area (Å²) in [4.78, 5) is 24.9. The zero-order valence-electron chi connectivity index (χ0n) is 13.4. The van der Waals surface area contributed by atoms with Gasteiger partial charge in [-0.05, 0) is 35.4 Å². The van der Waals surface area contributed by atoms with Gasteiger partial charge in [-0.25, -0.2) is 8.78 Å². The monoisotopic (exact) mass is 364 g/mol. The predicted octanol–water partition coefficient (Wildman–Crippen LogP) is 3.53. The molecule has 1 amide bonds. The van der Waals surface area contributed by atoms with Crippen LogP contribution < -0.4 is 10.2 Å². The zero-order valence-corrected chi connectivity index (χ0v) is 14.1. The summed E-state index contributed by atoms with van der Waals surface area (Å²) in [5, 5.41) is 2.77. The third-order valence-corrected chi connectivity index (χ3v) is 4.56. The van der Waals surface area contributed by atoms with Gasteiger partial charge in [-0.15, -0.1) is 0 Å². The van der Waals surface area contributed by atoms with Crippen molar-refractivity contribution in [1.29, 1.82) is 0 Å². The van der Waals surface area contributed by atoms with Gasteiger partial charge >= 0.3 is 0 Å². The number of fused-ring (bicyclic) bond motifs is 1. The Morgan fingerprint density at radius 3 is 2.84 bits per heavy atom. The molecule has 1 unspecified atom stereocenters. The maximum absolute atomic E-state index is 14.0. The first kappa shape index (κ1) is 17.4. The van der Waals surface area contributed by atoms with Gasteiger partial charge < -0.3 is 15.0 Å². The number of likely N-dealkylation sites (N-methyl/N-ethyl adjacent to an activating group) is 1. The van der Waals surface area contributed by atoms with Gasteiger partial charge in [0.1, 0.15) is 17.9 Å². The number of anilines is 2. The first-order chi connectivity index (χ1) is 11.9. The maximum Gasteiger partial charge on any atom is 0.233 e. The minimum absolute atomic E-state index is 0.0911. The van der Waals surface area contributed by atoms with Gasteiger partial charge in [0.2, 0.25) is 5.91 Å². The van der Waals surface area contributed by atoms with Crippen LogP contribution in [-0.2, 0) is 16.0 Å². The summed E-state index contributed by atoms with van der Waals surface area (Å²) in [5.41, 5.74) is 1.66. The number of hydrogen-bond donors (Lipinski definition) is 1. The summed E-state index contributed by atoms with van der Waals surface area (Å²) in [5.74, 6) is -1.86. The van der Waals surface area contributed by atoms with Crippen molar-refractivity contribution in [2.45, 2.75) is 12.3 Å². The van der Waals surface area contributed by atoms with E-state index in [0.29, 0.717) is 24.1 Å². The van der Waals surface area contributed by atoms with Crippen molar-refractivity contribution in [3.63, 3.8) is 0 Å². The summed E-state index contributed by atoms with van der Waals surface area (Å²) in [7, 11) is 1.77. The highest BCUT2D eigenvalue weighted by Crippen LogP contribution is 2.37. The van der Waals surface area contributed by atoms with Crippen LogP contribution in [0.5, 0.6) is 0 Å². The van der Waals surface area contributed by atoms with E-state index in [2.05, 4.69) is 5.32 Å². The molecule has 3 rings (SSSR count). The molecule has 1 aliphatic rings. The minimum atomic E-state index is -0.613. The van der Waals surface area contributed by atoms with Gasteiger partial charge in [-0.3, -0.25) is 4.79 Å². The average molecular weight is 365 g/mol. The fourth-order valence-electron chi connectivity index (χ4n) is 2.99. The van der Waals surface area contributed by atoms with Crippen LogP contribution in [0.2, 0.25) is 5.02 Å². The van der Waals surface area contributed by atoms with Crippen molar-refractivity contribution in [2.24, 2.45) is 0 Å². The van der Waals surface area contributed by atoms with Crippen molar-refractivity contribution < 1.29 is 18.4 Å². The molecule has 4 nitrogen and oxygen atoms in total. The first-order valence-corrected chi connectivity index (χ1v) is 8.01.